The Hall–Kier alpha value is -4.05. The topological polar surface area (TPSA) is 76.3 Å². The van der Waals surface area contributed by atoms with Crippen molar-refractivity contribution in [2.75, 3.05) is 18.8 Å². The minimum Gasteiger partial charge on any atom is -0.384 e. The van der Waals surface area contributed by atoms with E-state index in [1.54, 1.807) is 65.7 Å². The maximum Gasteiger partial charge on any atom is 0.417 e. The van der Waals surface area contributed by atoms with E-state index in [9.17, 15) is 27.2 Å². The van der Waals surface area contributed by atoms with Crippen LogP contribution in [0.25, 0.3) is 27.3 Å². The fourth-order valence-electron chi connectivity index (χ4n) is 4.78. The predicted molar refractivity (Wildman–Crippen MR) is 153 cm³/mol. The maximum absolute atomic E-state index is 14.1. The first-order valence-electron chi connectivity index (χ1n) is 13.2. The quantitative estimate of drug-likeness (QED) is 0.183. The van der Waals surface area contributed by atoms with Crippen LogP contribution in [-0.4, -0.2) is 40.8 Å². The van der Waals surface area contributed by atoms with Crippen molar-refractivity contribution in [3.8, 4) is 11.1 Å². The van der Waals surface area contributed by atoms with Crippen LogP contribution in [0.1, 0.15) is 45.6 Å². The van der Waals surface area contributed by atoms with Gasteiger partial charge in [0.1, 0.15) is 12.0 Å². The van der Waals surface area contributed by atoms with Crippen LogP contribution in [0.5, 0.6) is 0 Å². The second kappa shape index (κ2) is 11.8. The largest absolute Gasteiger partial charge is 0.417 e. The lowest BCUT2D eigenvalue weighted by Gasteiger charge is -2.28. The first kappa shape index (κ1) is 28.5. The van der Waals surface area contributed by atoms with E-state index in [-0.39, 0.29) is 22.8 Å². The number of rotatable bonds is 7. The highest BCUT2D eigenvalue weighted by molar-refractivity contribution is 7.19. The van der Waals surface area contributed by atoms with Crippen LogP contribution < -0.4 is 5.73 Å². The van der Waals surface area contributed by atoms with Crippen molar-refractivity contribution in [3.63, 3.8) is 0 Å². The average molecular weight is 582 g/mol. The molecule has 0 bridgehead atoms. The summed E-state index contributed by atoms with van der Waals surface area (Å²) in [5.41, 5.74) is 6.87. The molecule has 1 amide bonds. The molecule has 5 rings (SSSR count). The van der Waals surface area contributed by atoms with Crippen molar-refractivity contribution in [1.29, 1.82) is 0 Å². The second-order valence-corrected chi connectivity index (χ2v) is 11.1. The summed E-state index contributed by atoms with van der Waals surface area (Å²) in [5.74, 6) is 0.00432. The van der Waals surface area contributed by atoms with Gasteiger partial charge in [-0.15, -0.1) is 11.3 Å². The van der Waals surface area contributed by atoms with E-state index in [1.807, 2.05) is 0 Å². The molecule has 0 atom stereocenters. The number of fused-ring (bicyclic) bond motifs is 1. The monoisotopic (exact) mass is 581 g/mol. The molecule has 1 saturated heterocycles. The van der Waals surface area contributed by atoms with Gasteiger partial charge >= 0.3 is 6.18 Å². The van der Waals surface area contributed by atoms with Crippen molar-refractivity contribution >= 4 is 45.0 Å². The molecule has 1 fully saturated rings. The van der Waals surface area contributed by atoms with Gasteiger partial charge in [0, 0.05) is 40.8 Å². The highest BCUT2D eigenvalue weighted by Crippen LogP contribution is 2.42. The second-order valence-electron chi connectivity index (χ2n) is 10.0. The summed E-state index contributed by atoms with van der Waals surface area (Å²) in [4.78, 5) is 31.4. The Bertz CT molecular complexity index is 1590. The Morgan fingerprint density at radius 2 is 1.76 bits per heavy atom. The molecular formula is C31H27F4N3O2S. The van der Waals surface area contributed by atoms with Crippen LogP contribution in [-0.2, 0) is 17.4 Å². The van der Waals surface area contributed by atoms with Gasteiger partial charge in [-0.2, -0.15) is 13.2 Å². The van der Waals surface area contributed by atoms with Gasteiger partial charge < -0.3 is 10.6 Å². The van der Waals surface area contributed by atoms with Gasteiger partial charge in [0.2, 0.25) is 0 Å². The lowest BCUT2D eigenvalue weighted by atomic mass is 9.99. The van der Waals surface area contributed by atoms with Crippen LogP contribution in [0.15, 0.2) is 66.9 Å². The zero-order valence-electron chi connectivity index (χ0n) is 22.0. The van der Waals surface area contributed by atoms with Gasteiger partial charge in [0.05, 0.1) is 5.56 Å². The lowest BCUT2D eigenvalue weighted by molar-refractivity contribution is -0.136. The number of nitrogens with two attached hydrogens (primary N) is 1. The number of hydrogen-bond acceptors (Lipinski definition) is 5. The maximum atomic E-state index is 14.1. The van der Waals surface area contributed by atoms with Gasteiger partial charge in [-0.25, -0.2) is 9.37 Å². The van der Waals surface area contributed by atoms with Crippen LogP contribution in [0.4, 0.5) is 23.4 Å². The number of likely N-dealkylation sites (tertiary alicyclic amines) is 1. The molecule has 4 aromatic rings. The molecule has 2 aromatic heterocycles. The number of aryl methyl sites for hydroxylation is 1. The molecule has 1 aliphatic heterocycles. The fraction of sp³-hybridized carbons (Fsp3) is 0.258. The summed E-state index contributed by atoms with van der Waals surface area (Å²) < 4.78 is 55.8. The normalized spacial score (nSPS) is 14.7. The average Bonchev–Trinajstić information content (AvgIpc) is 3.38. The molecule has 0 radical (unpaired) electrons. The molecule has 3 heterocycles. The number of nitrogens with zero attached hydrogens (tertiary/aromatic N) is 2. The van der Waals surface area contributed by atoms with E-state index >= 15 is 0 Å². The van der Waals surface area contributed by atoms with Crippen molar-refractivity contribution < 1.29 is 27.2 Å². The number of pyridine rings is 1. The summed E-state index contributed by atoms with van der Waals surface area (Å²) in [7, 11) is 0. The van der Waals surface area contributed by atoms with Crippen molar-refractivity contribution in [2.24, 2.45) is 0 Å². The number of ketones is 1. The van der Waals surface area contributed by atoms with E-state index in [0.717, 1.165) is 23.0 Å². The van der Waals surface area contributed by atoms with Gasteiger partial charge in [0.25, 0.3) is 5.91 Å². The Balaban J connectivity index is 1.34. The number of allylic oxidation sites excluding steroid dienone is 1. The van der Waals surface area contributed by atoms with E-state index in [2.05, 4.69) is 4.98 Å². The lowest BCUT2D eigenvalue weighted by Crippen LogP contribution is -2.39. The number of anilines is 1. The van der Waals surface area contributed by atoms with Crippen molar-refractivity contribution in [3.05, 3.63) is 88.4 Å². The molecule has 41 heavy (non-hydrogen) atoms. The SMILES string of the molecule is Nc1ccc(/C=C/C(=O)CCc2cc3cc(-c4ccc(C(=O)N5CCC(F)CC5)cc4)cc(C(F)(F)F)c3s2)cn1. The summed E-state index contributed by atoms with van der Waals surface area (Å²) in [6.07, 6.45) is 0.202. The Kier molecular flexibility index (Phi) is 8.21. The molecular weight excluding hydrogens is 554 g/mol. The minimum atomic E-state index is -4.57. The summed E-state index contributed by atoms with van der Waals surface area (Å²) in [5, 5.41) is 0.444. The van der Waals surface area contributed by atoms with Crippen LogP contribution in [0.2, 0.25) is 0 Å². The van der Waals surface area contributed by atoms with Gasteiger partial charge in [-0.05, 0) is 96.0 Å². The molecule has 0 spiro atoms. The van der Waals surface area contributed by atoms with E-state index in [4.69, 9.17) is 5.73 Å². The number of thiophene rings is 1. The van der Waals surface area contributed by atoms with E-state index in [1.165, 1.54) is 6.08 Å². The molecule has 0 unspecified atom stereocenters. The van der Waals surface area contributed by atoms with Gasteiger partial charge in [-0.1, -0.05) is 12.1 Å². The highest BCUT2D eigenvalue weighted by Gasteiger charge is 2.34. The number of piperidine rings is 1. The number of carbonyl (C=O) groups excluding carboxylic acids is 2. The molecule has 5 nitrogen and oxygen atoms in total. The first-order valence-corrected chi connectivity index (χ1v) is 14.0. The van der Waals surface area contributed by atoms with Crippen LogP contribution in [0, 0.1) is 0 Å². The third-order valence-corrected chi connectivity index (χ3v) is 8.28. The number of alkyl halides is 4. The van der Waals surface area contributed by atoms with Crippen molar-refractivity contribution in [1.82, 2.24) is 9.88 Å². The summed E-state index contributed by atoms with van der Waals surface area (Å²) in [6, 6.07) is 14.3. The summed E-state index contributed by atoms with van der Waals surface area (Å²) >= 11 is 1.04. The summed E-state index contributed by atoms with van der Waals surface area (Å²) in [6.45, 7) is 0.686. The zero-order valence-corrected chi connectivity index (χ0v) is 22.8. The van der Waals surface area contributed by atoms with E-state index < -0.39 is 17.9 Å². The standard InChI is InChI=1S/C31H27F4N3O2S/c32-24-11-13-38(14-12-24)30(40)21-5-3-20(4-6-21)22-15-23-16-26(41-29(23)27(17-22)31(33,34)35)9-8-25(39)7-1-19-2-10-28(36)37-18-19/h1-7,10,15-18,24H,8-9,11-14H2,(H2,36,37)/b7-1+. The number of hydrogen-bond donors (Lipinski definition) is 1. The minimum absolute atomic E-state index is 0.121. The number of nitrogen functional groups attached to an aromatic ring is 1. The number of halogens is 4. The number of amides is 1. The molecule has 1 aliphatic rings. The molecule has 0 saturated carbocycles. The van der Waals surface area contributed by atoms with Crippen LogP contribution >= 0.6 is 11.3 Å². The molecule has 0 aliphatic carbocycles. The van der Waals surface area contributed by atoms with Crippen molar-refractivity contribution in [2.45, 2.75) is 38.0 Å². The number of carbonyl (C=O) groups is 2. The molecule has 2 aromatic carbocycles. The highest BCUT2D eigenvalue weighted by atomic mass is 32.1. The van der Waals surface area contributed by atoms with Crippen LogP contribution in [0.3, 0.4) is 0 Å². The zero-order chi connectivity index (χ0) is 29.1. The third-order valence-electron chi connectivity index (χ3n) is 7.04. The van der Waals surface area contributed by atoms with Gasteiger partial charge in [-0.3, -0.25) is 9.59 Å². The van der Waals surface area contributed by atoms with Gasteiger partial charge in [0.15, 0.2) is 5.78 Å². The third kappa shape index (κ3) is 6.82. The Morgan fingerprint density at radius 1 is 1.02 bits per heavy atom. The first-order chi connectivity index (χ1) is 19.6. The predicted octanol–water partition coefficient (Wildman–Crippen LogP) is 7.35. The van der Waals surface area contributed by atoms with E-state index in [0.29, 0.717) is 65.1 Å². The Morgan fingerprint density at radius 3 is 2.41 bits per heavy atom. The molecule has 2 N–H and O–H groups in total. The molecule has 10 heteroatoms. The fourth-order valence-corrected chi connectivity index (χ4v) is 5.95. The number of benzene rings is 2. The number of aromatic nitrogens is 1. The smallest absolute Gasteiger partial charge is 0.384 e. The Labute approximate surface area is 238 Å². The molecule has 212 valence electrons.